The van der Waals surface area contributed by atoms with E-state index in [0.717, 1.165) is 32.7 Å². The van der Waals surface area contributed by atoms with Crippen molar-refractivity contribution in [1.82, 2.24) is 15.0 Å². The minimum Gasteiger partial charge on any atom is -0.305 e. The normalized spacial score (nSPS) is 9.08. The Morgan fingerprint density at radius 2 is 1.05 bits per heavy atom. The Bertz CT molecular complexity index is 1200. The Morgan fingerprint density at radius 1 is 0.538 bits per heavy atom. The van der Waals surface area contributed by atoms with Crippen LogP contribution in [0.3, 0.4) is 0 Å². The largest absolute Gasteiger partial charge is 3.00 e. The van der Waals surface area contributed by atoms with E-state index in [1.807, 2.05) is 134 Å². The first-order valence-corrected chi connectivity index (χ1v) is 12.8. The molecule has 6 rings (SSSR count). The molecule has 0 aliphatic carbocycles. The van der Waals surface area contributed by atoms with Gasteiger partial charge in [0.1, 0.15) is 0 Å². The van der Waals surface area contributed by atoms with Crippen LogP contribution >= 0.6 is 15.9 Å². The summed E-state index contributed by atoms with van der Waals surface area (Å²) in [6, 6.07) is 50.0. The van der Waals surface area contributed by atoms with Crippen LogP contribution in [-0.2, 0) is 20.1 Å². The van der Waals surface area contributed by atoms with Crippen molar-refractivity contribution in [2.45, 2.75) is 6.92 Å². The summed E-state index contributed by atoms with van der Waals surface area (Å²) in [7, 11) is 0. The quantitative estimate of drug-likeness (QED) is 0.166. The fourth-order valence-corrected chi connectivity index (χ4v) is 3.25. The van der Waals surface area contributed by atoms with Crippen LogP contribution in [0.25, 0.3) is 22.5 Å². The molecular weight excluding hydrogens is 723 g/mol. The van der Waals surface area contributed by atoms with Crippen molar-refractivity contribution in [2.24, 2.45) is 0 Å². The molecule has 0 unspecified atom stereocenters. The number of halogens is 1. The average Bonchev–Trinajstić information content (AvgIpc) is 3.01. The van der Waals surface area contributed by atoms with Crippen molar-refractivity contribution in [3.05, 3.63) is 174 Å². The van der Waals surface area contributed by atoms with Gasteiger partial charge in [0.2, 0.25) is 0 Å². The molecule has 3 aromatic heterocycles. The van der Waals surface area contributed by atoms with Gasteiger partial charge >= 0.3 is 20.1 Å². The van der Waals surface area contributed by atoms with E-state index in [1.54, 1.807) is 18.6 Å². The maximum Gasteiger partial charge on any atom is 3.00 e. The summed E-state index contributed by atoms with van der Waals surface area (Å²) >= 11 is 3.28. The monoisotopic (exact) mass is 749 g/mol. The second-order valence-electron chi connectivity index (χ2n) is 7.68. The van der Waals surface area contributed by atoms with Crippen LogP contribution in [0.2, 0.25) is 0 Å². The SMILES string of the molecule is Brc1c[c-]ccc1.Cc1ccccn1.[Ir+3].[c-]1ccccc1-c1ccccn1.[c-]1ccccc1-c1ccccn1. The van der Waals surface area contributed by atoms with E-state index in [4.69, 9.17) is 0 Å². The fraction of sp³-hybridized carbons (Fsp3) is 0.0294. The Labute approximate surface area is 253 Å². The zero-order chi connectivity index (χ0) is 26.7. The molecular formula is C34H27BrIrN3. The number of pyridine rings is 3. The Balaban J connectivity index is 0.000000187. The maximum absolute atomic E-state index is 4.22. The summed E-state index contributed by atoms with van der Waals surface area (Å²) in [6.45, 7) is 1.97. The Hall–Kier alpha value is -3.76. The third kappa shape index (κ3) is 13.0. The molecule has 0 fully saturated rings. The first kappa shape index (κ1) is 31.5. The molecule has 3 heterocycles. The molecule has 0 atom stereocenters. The third-order valence-electron chi connectivity index (χ3n) is 4.78. The van der Waals surface area contributed by atoms with Crippen molar-refractivity contribution in [3.63, 3.8) is 0 Å². The number of rotatable bonds is 2. The van der Waals surface area contributed by atoms with Crippen molar-refractivity contribution in [3.8, 4) is 22.5 Å². The number of nitrogens with zero attached hydrogens (tertiary/aromatic N) is 3. The molecule has 6 aromatic rings. The van der Waals surface area contributed by atoms with E-state index in [-0.39, 0.29) is 20.1 Å². The van der Waals surface area contributed by atoms with E-state index in [1.165, 1.54) is 0 Å². The molecule has 0 bridgehead atoms. The number of benzene rings is 3. The molecule has 3 nitrogen and oxygen atoms in total. The molecule has 0 aliphatic heterocycles. The predicted molar refractivity (Wildman–Crippen MR) is 159 cm³/mol. The second-order valence-corrected chi connectivity index (χ2v) is 8.59. The molecule has 0 spiro atoms. The van der Waals surface area contributed by atoms with Gasteiger partial charge in [-0.3, -0.25) is 4.98 Å². The minimum atomic E-state index is 0. The Kier molecular flexibility index (Phi) is 15.6. The van der Waals surface area contributed by atoms with Gasteiger partial charge in [-0.25, -0.2) is 0 Å². The summed E-state index contributed by atoms with van der Waals surface area (Å²) in [5.41, 5.74) is 5.09. The van der Waals surface area contributed by atoms with Crippen molar-refractivity contribution in [2.75, 3.05) is 0 Å². The topological polar surface area (TPSA) is 38.7 Å². The smallest absolute Gasteiger partial charge is 0.305 e. The molecule has 194 valence electrons. The second kappa shape index (κ2) is 19.3. The molecule has 0 saturated carbocycles. The molecule has 5 heteroatoms. The van der Waals surface area contributed by atoms with Crippen molar-refractivity contribution >= 4 is 15.9 Å². The number of hydrogen-bond donors (Lipinski definition) is 0. The standard InChI is InChI=1S/2C11H8N.C6H4Br.C6H7N.Ir/c2*1-2-6-10(7-3-1)11-8-4-5-9-12-11;7-6-4-2-1-3-5-6;1-6-4-2-3-5-7-6;/h2*1-6,8-9H;1-2,4-5H;2-5H,1H3;/q3*-1;;+3. The summed E-state index contributed by atoms with van der Waals surface area (Å²) in [5.74, 6) is 0. The van der Waals surface area contributed by atoms with Gasteiger partial charge in [-0.15, -0.1) is 87.7 Å². The van der Waals surface area contributed by atoms with Gasteiger partial charge in [0, 0.05) is 24.3 Å². The molecule has 3 aromatic carbocycles. The number of aryl methyl sites for hydroxylation is 1. The average molecular weight is 750 g/mol. The predicted octanol–water partition coefficient (Wildman–Crippen LogP) is 8.73. The number of hydrogen-bond acceptors (Lipinski definition) is 3. The van der Waals surface area contributed by atoms with E-state index in [0.29, 0.717) is 0 Å². The van der Waals surface area contributed by atoms with Gasteiger partial charge in [0.25, 0.3) is 0 Å². The molecule has 39 heavy (non-hydrogen) atoms. The summed E-state index contributed by atoms with van der Waals surface area (Å²) < 4.78 is 1.08. The molecule has 0 saturated heterocycles. The molecule has 0 amide bonds. The molecule has 0 aliphatic rings. The fourth-order valence-electron chi connectivity index (χ4n) is 2.97. The van der Waals surface area contributed by atoms with E-state index in [9.17, 15) is 0 Å². The van der Waals surface area contributed by atoms with E-state index in [2.05, 4.69) is 49.1 Å². The van der Waals surface area contributed by atoms with E-state index < -0.39 is 0 Å². The van der Waals surface area contributed by atoms with Crippen LogP contribution in [0.4, 0.5) is 0 Å². The van der Waals surface area contributed by atoms with Crippen LogP contribution in [-0.4, -0.2) is 15.0 Å². The first-order chi connectivity index (χ1) is 18.7. The van der Waals surface area contributed by atoms with Gasteiger partial charge in [0.15, 0.2) is 0 Å². The van der Waals surface area contributed by atoms with Crippen molar-refractivity contribution < 1.29 is 20.1 Å². The molecule has 0 N–H and O–H groups in total. The summed E-state index contributed by atoms with van der Waals surface area (Å²) in [4.78, 5) is 12.4. The van der Waals surface area contributed by atoms with Crippen molar-refractivity contribution in [1.29, 1.82) is 0 Å². The van der Waals surface area contributed by atoms with Gasteiger partial charge in [-0.05, 0) is 42.6 Å². The summed E-state index contributed by atoms with van der Waals surface area (Å²) in [5, 5.41) is 0. The zero-order valence-corrected chi connectivity index (χ0v) is 25.4. The Morgan fingerprint density at radius 3 is 1.33 bits per heavy atom. The van der Waals surface area contributed by atoms with Crippen LogP contribution in [0.1, 0.15) is 5.69 Å². The van der Waals surface area contributed by atoms with E-state index >= 15 is 0 Å². The van der Waals surface area contributed by atoms with Crippen LogP contribution in [0.15, 0.2) is 150 Å². The third-order valence-corrected chi connectivity index (χ3v) is 5.27. The van der Waals surface area contributed by atoms with Gasteiger partial charge in [0.05, 0.1) is 0 Å². The number of aromatic nitrogens is 3. The van der Waals surface area contributed by atoms with Crippen LogP contribution < -0.4 is 0 Å². The van der Waals surface area contributed by atoms with Crippen LogP contribution in [0.5, 0.6) is 0 Å². The van der Waals surface area contributed by atoms with Gasteiger partial charge < -0.3 is 9.97 Å². The first-order valence-electron chi connectivity index (χ1n) is 12.0. The minimum absolute atomic E-state index is 0. The van der Waals surface area contributed by atoms with Gasteiger partial charge in [-0.2, -0.15) is 30.3 Å². The zero-order valence-electron chi connectivity index (χ0n) is 21.4. The molecule has 0 radical (unpaired) electrons. The van der Waals surface area contributed by atoms with Crippen LogP contribution in [0, 0.1) is 25.1 Å². The maximum atomic E-state index is 4.22. The summed E-state index contributed by atoms with van der Waals surface area (Å²) in [6.07, 6.45) is 5.36. The van der Waals surface area contributed by atoms with Gasteiger partial charge in [-0.1, -0.05) is 34.8 Å².